The molecule has 10 rings (SSSR count). The van der Waals surface area contributed by atoms with Crippen LogP contribution in [0.2, 0.25) is 0 Å². The molecule has 0 bridgehead atoms. The number of pyridine rings is 1. The van der Waals surface area contributed by atoms with E-state index < -0.39 is 0 Å². The molecule has 8 aromatic carbocycles. The van der Waals surface area contributed by atoms with Crippen molar-refractivity contribution in [1.82, 2.24) is 9.55 Å². The fourth-order valence-corrected chi connectivity index (χ4v) is 7.99. The van der Waals surface area contributed by atoms with Crippen molar-refractivity contribution in [3.63, 3.8) is 0 Å². The SMILES string of the molecule is Cc1ccc(-c2ccccc2)cc1-c1cc(-c2ccccc2)ccc1C.Cc1cccc(-n2c3ccc(-c4ccccc4)cc3c3cc(-c4ccccc4)ccc32)n1. The van der Waals surface area contributed by atoms with Crippen molar-refractivity contribution >= 4 is 21.8 Å². The summed E-state index contributed by atoms with van der Waals surface area (Å²) < 4.78 is 2.28. The van der Waals surface area contributed by atoms with E-state index >= 15 is 0 Å². The highest BCUT2D eigenvalue weighted by atomic mass is 15.1. The van der Waals surface area contributed by atoms with Crippen LogP contribution in [0.3, 0.4) is 0 Å². The van der Waals surface area contributed by atoms with Crippen molar-refractivity contribution < 1.29 is 0 Å². The van der Waals surface area contributed by atoms with Gasteiger partial charge in [-0.25, -0.2) is 4.98 Å². The molecular formula is C56H44N2. The summed E-state index contributed by atoms with van der Waals surface area (Å²) >= 11 is 0. The van der Waals surface area contributed by atoms with E-state index in [9.17, 15) is 0 Å². The van der Waals surface area contributed by atoms with Gasteiger partial charge in [-0.2, -0.15) is 0 Å². The van der Waals surface area contributed by atoms with E-state index in [-0.39, 0.29) is 0 Å². The van der Waals surface area contributed by atoms with Gasteiger partial charge in [0.1, 0.15) is 5.82 Å². The maximum absolute atomic E-state index is 4.84. The van der Waals surface area contributed by atoms with E-state index in [0.717, 1.165) is 11.5 Å². The normalized spacial score (nSPS) is 11.0. The first-order chi connectivity index (χ1) is 28.5. The summed E-state index contributed by atoms with van der Waals surface area (Å²) in [6.07, 6.45) is 0. The molecule has 0 saturated carbocycles. The largest absolute Gasteiger partial charge is 0.294 e. The Balaban J connectivity index is 0.000000154. The minimum absolute atomic E-state index is 0.949. The van der Waals surface area contributed by atoms with Crippen LogP contribution >= 0.6 is 0 Å². The van der Waals surface area contributed by atoms with Crippen LogP contribution in [0, 0.1) is 20.8 Å². The molecule has 58 heavy (non-hydrogen) atoms. The van der Waals surface area contributed by atoms with Crippen LogP contribution in [0.25, 0.3) is 83.3 Å². The number of aryl methyl sites for hydroxylation is 3. The zero-order valence-corrected chi connectivity index (χ0v) is 33.1. The average molecular weight is 745 g/mol. The van der Waals surface area contributed by atoms with Crippen LogP contribution in [-0.2, 0) is 0 Å². The Morgan fingerprint density at radius 2 is 0.672 bits per heavy atom. The van der Waals surface area contributed by atoms with E-state index in [2.05, 4.69) is 225 Å². The molecule has 0 radical (unpaired) electrons. The Hall–Kier alpha value is -7.29. The Labute approximate surface area is 341 Å². The van der Waals surface area contributed by atoms with E-state index in [0.29, 0.717) is 0 Å². The van der Waals surface area contributed by atoms with E-state index in [1.807, 2.05) is 13.0 Å². The lowest BCUT2D eigenvalue weighted by atomic mass is 9.90. The number of nitrogens with zero attached hydrogens (tertiary/aromatic N) is 2. The second-order valence-corrected chi connectivity index (χ2v) is 15.0. The van der Waals surface area contributed by atoms with Gasteiger partial charge in [0.15, 0.2) is 0 Å². The molecule has 2 heteroatoms. The van der Waals surface area contributed by atoms with Gasteiger partial charge in [0.2, 0.25) is 0 Å². The van der Waals surface area contributed by atoms with Crippen molar-refractivity contribution in [2.75, 3.05) is 0 Å². The maximum Gasteiger partial charge on any atom is 0.137 e. The van der Waals surface area contributed by atoms with Gasteiger partial charge in [-0.3, -0.25) is 4.57 Å². The summed E-state index contributed by atoms with van der Waals surface area (Å²) in [7, 11) is 0. The number of aromatic nitrogens is 2. The monoisotopic (exact) mass is 744 g/mol. The van der Waals surface area contributed by atoms with Crippen LogP contribution < -0.4 is 0 Å². The Kier molecular flexibility index (Phi) is 10.1. The van der Waals surface area contributed by atoms with Crippen molar-refractivity contribution in [2.24, 2.45) is 0 Å². The van der Waals surface area contributed by atoms with Crippen LogP contribution in [0.5, 0.6) is 0 Å². The Morgan fingerprint density at radius 3 is 1.05 bits per heavy atom. The Bertz CT molecular complexity index is 2820. The summed E-state index contributed by atoms with van der Waals surface area (Å²) in [5, 5.41) is 2.48. The van der Waals surface area contributed by atoms with Gasteiger partial charge in [0, 0.05) is 16.5 Å². The molecule has 0 spiro atoms. The first-order valence-electron chi connectivity index (χ1n) is 20.0. The van der Waals surface area contributed by atoms with Gasteiger partial charge >= 0.3 is 0 Å². The summed E-state index contributed by atoms with van der Waals surface area (Å²) in [4.78, 5) is 4.84. The fourth-order valence-electron chi connectivity index (χ4n) is 7.99. The van der Waals surface area contributed by atoms with Crippen molar-refractivity contribution in [3.8, 4) is 61.5 Å². The van der Waals surface area contributed by atoms with Gasteiger partial charge < -0.3 is 0 Å². The highest BCUT2D eigenvalue weighted by Gasteiger charge is 2.16. The second-order valence-electron chi connectivity index (χ2n) is 15.0. The van der Waals surface area contributed by atoms with Gasteiger partial charge in [0.25, 0.3) is 0 Å². The third kappa shape index (κ3) is 7.36. The minimum Gasteiger partial charge on any atom is -0.294 e. The molecule has 0 aliphatic rings. The van der Waals surface area contributed by atoms with Crippen LogP contribution in [0.4, 0.5) is 0 Å². The molecule has 2 nitrogen and oxygen atoms in total. The lowest BCUT2D eigenvalue weighted by Crippen LogP contribution is -1.98. The number of rotatable bonds is 6. The molecule has 0 aliphatic carbocycles. The lowest BCUT2D eigenvalue weighted by molar-refractivity contribution is 1.05. The molecule has 0 atom stereocenters. The molecule has 10 aromatic rings. The quantitative estimate of drug-likeness (QED) is 0.166. The molecule has 0 fully saturated rings. The Morgan fingerprint density at radius 1 is 0.310 bits per heavy atom. The molecule has 0 unspecified atom stereocenters. The first kappa shape index (κ1) is 36.4. The molecule has 0 saturated heterocycles. The molecule has 2 heterocycles. The van der Waals surface area contributed by atoms with Gasteiger partial charge in [-0.1, -0.05) is 164 Å². The summed E-state index contributed by atoms with van der Waals surface area (Å²) in [6.45, 7) is 6.43. The predicted octanol–water partition coefficient (Wildman–Crippen LogP) is 15.1. The predicted molar refractivity (Wildman–Crippen MR) is 246 cm³/mol. The summed E-state index contributed by atoms with van der Waals surface area (Å²) in [5.74, 6) is 0.949. The van der Waals surface area contributed by atoms with E-state index in [1.165, 1.54) is 88.6 Å². The third-order valence-corrected chi connectivity index (χ3v) is 11.1. The van der Waals surface area contributed by atoms with Crippen LogP contribution in [-0.4, -0.2) is 9.55 Å². The van der Waals surface area contributed by atoms with Gasteiger partial charge in [0.05, 0.1) is 11.0 Å². The van der Waals surface area contributed by atoms with Crippen molar-refractivity contribution in [3.05, 3.63) is 229 Å². The smallest absolute Gasteiger partial charge is 0.137 e. The van der Waals surface area contributed by atoms with E-state index in [1.54, 1.807) is 0 Å². The number of fused-ring (bicyclic) bond motifs is 3. The summed E-state index contributed by atoms with van der Waals surface area (Å²) in [5.41, 5.74) is 18.5. The number of hydrogen-bond acceptors (Lipinski definition) is 1. The van der Waals surface area contributed by atoms with Crippen molar-refractivity contribution in [2.45, 2.75) is 20.8 Å². The molecule has 0 N–H and O–H groups in total. The fraction of sp³-hybridized carbons (Fsp3) is 0.0536. The van der Waals surface area contributed by atoms with E-state index in [4.69, 9.17) is 4.98 Å². The lowest BCUT2D eigenvalue weighted by Gasteiger charge is -2.14. The standard InChI is InChI=1S/C30H22N2.C26H22/c1-21-9-8-14-30(31-21)32-28-17-15-24(22-10-4-2-5-11-22)19-26(28)27-20-25(16-18-29(27)32)23-12-6-3-7-13-23;1-19-13-15-23(21-9-5-3-6-10-21)17-25(19)26-18-24(16-14-20(26)2)22-11-7-4-8-12-22/h2-20H,1H3;3-18H,1-2H3. The molecule has 278 valence electrons. The molecule has 2 aromatic heterocycles. The first-order valence-corrected chi connectivity index (χ1v) is 20.0. The number of benzene rings is 8. The highest BCUT2D eigenvalue weighted by molar-refractivity contribution is 6.11. The zero-order valence-electron chi connectivity index (χ0n) is 33.1. The minimum atomic E-state index is 0.949. The molecule has 0 aliphatic heterocycles. The topological polar surface area (TPSA) is 17.8 Å². The summed E-state index contributed by atoms with van der Waals surface area (Å²) in [6, 6.07) is 75.5. The van der Waals surface area contributed by atoms with Gasteiger partial charge in [-0.05, 0) is 136 Å². The third-order valence-electron chi connectivity index (χ3n) is 11.1. The molecular weight excluding hydrogens is 701 g/mol. The maximum atomic E-state index is 4.84. The number of hydrogen-bond donors (Lipinski definition) is 0. The highest BCUT2D eigenvalue weighted by Crippen LogP contribution is 2.37. The van der Waals surface area contributed by atoms with Crippen molar-refractivity contribution in [1.29, 1.82) is 0 Å². The second kappa shape index (κ2) is 16.1. The van der Waals surface area contributed by atoms with Crippen LogP contribution in [0.1, 0.15) is 16.8 Å². The zero-order chi connectivity index (χ0) is 39.4. The van der Waals surface area contributed by atoms with Crippen LogP contribution in [0.15, 0.2) is 212 Å². The molecule has 0 amide bonds. The van der Waals surface area contributed by atoms with Gasteiger partial charge in [-0.15, -0.1) is 0 Å². The average Bonchev–Trinajstić information content (AvgIpc) is 3.61.